The molecule has 6 atom stereocenters. The van der Waals surface area contributed by atoms with Crippen molar-refractivity contribution < 1.29 is 43.3 Å². The number of rotatable bonds is 11. The SMILES string of the molecule is CN(C)c1c([N+](=O)[O-])cc(N2C(=O)[C@H]3[C@H](CC=C4[C@H]3C[C@H]3C(=O)N(Nc5ccc(F)cc5)C(=O)[C@@]3(c3ccc(Cl)cc3)[C@H]4c3ccc(OCc4ccccc4)cc3O)C2=O)cc1[N+](=O)[O-]. The van der Waals surface area contributed by atoms with Gasteiger partial charge in [0.05, 0.1) is 44.4 Å². The number of fused-ring (bicyclic) bond motifs is 4. The zero-order chi connectivity index (χ0) is 46.1. The van der Waals surface area contributed by atoms with Crippen LogP contribution in [0.25, 0.3) is 0 Å². The summed E-state index contributed by atoms with van der Waals surface area (Å²) in [5.74, 6) is -9.17. The van der Waals surface area contributed by atoms with E-state index in [2.05, 4.69) is 5.43 Å². The summed E-state index contributed by atoms with van der Waals surface area (Å²) >= 11 is 6.40. The monoisotopic (exact) mass is 900 g/mol. The van der Waals surface area contributed by atoms with Crippen LogP contribution in [-0.2, 0) is 31.2 Å². The minimum atomic E-state index is -1.82. The van der Waals surface area contributed by atoms with Gasteiger partial charge in [0.15, 0.2) is 5.69 Å². The van der Waals surface area contributed by atoms with Crippen LogP contribution in [-0.4, -0.2) is 57.7 Å². The molecule has 2 N–H and O–H groups in total. The lowest BCUT2D eigenvalue weighted by Crippen LogP contribution is -2.53. The minimum Gasteiger partial charge on any atom is -0.508 e. The van der Waals surface area contributed by atoms with E-state index < -0.39 is 85.7 Å². The molecular formula is C47H38ClFN6O10. The van der Waals surface area contributed by atoms with Crippen LogP contribution in [0.2, 0.25) is 5.02 Å². The number of benzene rings is 5. The molecule has 3 fully saturated rings. The lowest BCUT2D eigenvalue weighted by Gasteiger charge is -2.50. The van der Waals surface area contributed by atoms with Crippen molar-refractivity contribution >= 4 is 63.7 Å². The molecule has 0 spiro atoms. The van der Waals surface area contributed by atoms with E-state index in [1.807, 2.05) is 30.3 Å². The quantitative estimate of drug-likeness (QED) is 0.0563. The molecule has 2 aliphatic carbocycles. The standard InChI is InChI=1S/C47H38ClFN6O10/c1-51(2)42-37(54(61)62)20-30(21-38(42)55(63)64)52-43(57)34-19-18-32-35(40(34)45(52)59)23-36-44(58)53(50-29-14-12-28(49)13-15-29)46(60)47(36,26-8-10-27(48)11-9-26)41(32)33-17-16-31(22-39(33)56)65-24-25-6-4-3-5-7-25/h3-18,20-22,34-36,40-41,50,56H,19,23-24H2,1-2H3/t34-,35+,36-,40-,41+,47+/m0/s1. The van der Waals surface area contributed by atoms with Gasteiger partial charge in [0, 0.05) is 48.8 Å². The normalized spacial score (nSPS) is 23.4. The summed E-state index contributed by atoms with van der Waals surface area (Å²) in [7, 11) is 2.78. The Kier molecular flexibility index (Phi) is 10.6. The highest BCUT2D eigenvalue weighted by atomic mass is 35.5. The zero-order valence-electron chi connectivity index (χ0n) is 34.6. The van der Waals surface area contributed by atoms with Crippen LogP contribution in [0.15, 0.2) is 121 Å². The molecule has 5 aromatic rings. The van der Waals surface area contributed by atoms with E-state index in [0.717, 1.165) is 39.7 Å². The van der Waals surface area contributed by atoms with Gasteiger partial charge >= 0.3 is 11.4 Å². The van der Waals surface area contributed by atoms with Crippen molar-refractivity contribution in [2.24, 2.45) is 23.7 Å². The Hall–Kier alpha value is -7.66. The number of phenols is 1. The fraction of sp³-hybridized carbons (Fsp3) is 0.234. The van der Waals surface area contributed by atoms with Gasteiger partial charge in [-0.1, -0.05) is 71.8 Å². The number of anilines is 3. The molecule has 0 bridgehead atoms. The molecule has 65 heavy (non-hydrogen) atoms. The van der Waals surface area contributed by atoms with Crippen molar-refractivity contribution in [1.82, 2.24) is 5.01 Å². The maximum absolute atomic E-state index is 15.5. The van der Waals surface area contributed by atoms with Crippen LogP contribution in [0.4, 0.5) is 32.8 Å². The number of hydrazine groups is 1. The molecule has 0 unspecified atom stereocenters. The number of phenolic OH excluding ortho intramolecular Hbond substituents is 1. The molecule has 2 aliphatic heterocycles. The molecule has 18 heteroatoms. The Morgan fingerprint density at radius 1 is 0.862 bits per heavy atom. The summed E-state index contributed by atoms with van der Waals surface area (Å²) < 4.78 is 20.1. The Bertz CT molecular complexity index is 2830. The maximum Gasteiger partial charge on any atom is 0.301 e. The highest BCUT2D eigenvalue weighted by Crippen LogP contribution is 2.65. The number of aromatic hydroxyl groups is 1. The van der Waals surface area contributed by atoms with Crippen molar-refractivity contribution in [3.05, 3.63) is 169 Å². The molecule has 0 aromatic heterocycles. The van der Waals surface area contributed by atoms with Gasteiger partial charge < -0.3 is 14.7 Å². The smallest absolute Gasteiger partial charge is 0.301 e. The zero-order valence-corrected chi connectivity index (χ0v) is 35.3. The Labute approximate surface area is 374 Å². The lowest BCUT2D eigenvalue weighted by molar-refractivity contribution is -0.392. The van der Waals surface area contributed by atoms with E-state index in [1.54, 1.807) is 42.5 Å². The number of hydrogen-bond acceptors (Lipinski definition) is 12. The molecule has 4 aliphatic rings. The van der Waals surface area contributed by atoms with Gasteiger partial charge in [-0.25, -0.2) is 9.29 Å². The molecule has 9 rings (SSSR count). The van der Waals surface area contributed by atoms with Crippen molar-refractivity contribution in [3.8, 4) is 11.5 Å². The highest BCUT2D eigenvalue weighted by Gasteiger charge is 2.70. The number of carbonyl (C=O) groups is 4. The van der Waals surface area contributed by atoms with E-state index >= 15 is 9.59 Å². The van der Waals surface area contributed by atoms with E-state index in [1.165, 1.54) is 37.2 Å². The second-order valence-corrected chi connectivity index (χ2v) is 17.1. The summed E-state index contributed by atoms with van der Waals surface area (Å²) in [5.41, 5.74) is 1.06. The summed E-state index contributed by atoms with van der Waals surface area (Å²) in [5, 5.41) is 37.9. The molecule has 0 radical (unpaired) electrons. The fourth-order valence-electron chi connectivity index (χ4n) is 10.3. The third-order valence-corrected chi connectivity index (χ3v) is 13.2. The Morgan fingerprint density at radius 2 is 1.52 bits per heavy atom. The predicted molar refractivity (Wildman–Crippen MR) is 234 cm³/mol. The van der Waals surface area contributed by atoms with E-state index in [0.29, 0.717) is 21.9 Å². The molecule has 1 saturated carbocycles. The third kappa shape index (κ3) is 6.89. The average molecular weight is 901 g/mol. The second kappa shape index (κ2) is 16.2. The molecule has 4 amide bonds. The molecule has 16 nitrogen and oxygen atoms in total. The van der Waals surface area contributed by atoms with Gasteiger partial charge in [-0.05, 0) is 72.4 Å². The molecular weight excluding hydrogens is 863 g/mol. The van der Waals surface area contributed by atoms with E-state index in [4.69, 9.17) is 16.3 Å². The first-order valence-corrected chi connectivity index (χ1v) is 20.9. The van der Waals surface area contributed by atoms with Gasteiger partial charge in [-0.2, -0.15) is 5.01 Å². The van der Waals surface area contributed by atoms with Crippen LogP contribution in [0.5, 0.6) is 11.5 Å². The van der Waals surface area contributed by atoms with E-state index in [-0.39, 0.29) is 47.8 Å². The molecule has 5 aromatic carbocycles. The van der Waals surface area contributed by atoms with Crippen LogP contribution in [0, 0.1) is 49.7 Å². The number of ether oxygens (including phenoxy) is 1. The number of hydrogen-bond donors (Lipinski definition) is 2. The van der Waals surface area contributed by atoms with Crippen molar-refractivity contribution in [3.63, 3.8) is 0 Å². The van der Waals surface area contributed by atoms with Crippen molar-refractivity contribution in [2.75, 3.05) is 29.3 Å². The van der Waals surface area contributed by atoms with Gasteiger partial charge in [0.2, 0.25) is 11.8 Å². The van der Waals surface area contributed by atoms with Crippen LogP contribution in [0.1, 0.15) is 35.4 Å². The van der Waals surface area contributed by atoms with Gasteiger partial charge in [-0.15, -0.1) is 0 Å². The Balaban J connectivity index is 1.20. The number of imide groups is 2. The van der Waals surface area contributed by atoms with Crippen molar-refractivity contribution in [2.45, 2.75) is 30.8 Å². The van der Waals surface area contributed by atoms with E-state index in [9.17, 15) is 39.3 Å². The molecule has 2 saturated heterocycles. The third-order valence-electron chi connectivity index (χ3n) is 13.0. The molecule has 330 valence electrons. The highest BCUT2D eigenvalue weighted by molar-refractivity contribution is 6.30. The van der Waals surface area contributed by atoms with Gasteiger partial charge in [0.25, 0.3) is 11.8 Å². The number of nitro groups is 2. The van der Waals surface area contributed by atoms with Gasteiger partial charge in [-0.3, -0.25) is 44.8 Å². The second-order valence-electron chi connectivity index (χ2n) is 16.6. The Morgan fingerprint density at radius 3 is 2.14 bits per heavy atom. The summed E-state index contributed by atoms with van der Waals surface area (Å²) in [4.78, 5) is 84.8. The first-order valence-electron chi connectivity index (χ1n) is 20.5. The predicted octanol–water partition coefficient (Wildman–Crippen LogP) is 7.84. The van der Waals surface area contributed by atoms with Crippen LogP contribution in [0.3, 0.4) is 0 Å². The number of allylic oxidation sites excluding steroid dienone is 2. The average Bonchev–Trinajstić information content (AvgIpc) is 3.67. The fourth-order valence-corrected chi connectivity index (χ4v) is 10.4. The number of nitrogens with zero attached hydrogens (tertiary/aromatic N) is 5. The summed E-state index contributed by atoms with van der Waals surface area (Å²) in [6.45, 7) is 0.171. The number of carbonyl (C=O) groups excluding carboxylic acids is 4. The number of nitro benzene ring substituents is 2. The summed E-state index contributed by atoms with van der Waals surface area (Å²) in [6.07, 6.45) is 1.52. The minimum absolute atomic E-state index is 0.0614. The number of nitrogens with one attached hydrogen (secondary N) is 1. The first kappa shape index (κ1) is 42.6. The summed E-state index contributed by atoms with van der Waals surface area (Å²) in [6, 6.07) is 27.3. The maximum atomic E-state index is 15.5. The number of halogens is 2. The topological polar surface area (TPSA) is 206 Å². The van der Waals surface area contributed by atoms with Crippen LogP contribution < -0.4 is 20.0 Å². The van der Waals surface area contributed by atoms with Gasteiger partial charge in [0.1, 0.15) is 23.9 Å². The molecule has 2 heterocycles. The first-order chi connectivity index (χ1) is 31.1. The van der Waals surface area contributed by atoms with Crippen LogP contribution >= 0.6 is 11.6 Å². The van der Waals surface area contributed by atoms with Crippen molar-refractivity contribution in [1.29, 1.82) is 0 Å². The lowest BCUT2D eigenvalue weighted by atomic mass is 9.49. The largest absolute Gasteiger partial charge is 0.508 e. The number of amides is 4.